The van der Waals surface area contributed by atoms with Crippen LogP contribution in [0.3, 0.4) is 0 Å². The second kappa shape index (κ2) is 2.66. The van der Waals surface area contributed by atoms with E-state index in [-0.39, 0.29) is 0 Å². The Balaban J connectivity index is 2.58. The fourth-order valence-corrected chi connectivity index (χ4v) is 2.93. The number of rotatable bonds is 0. The summed E-state index contributed by atoms with van der Waals surface area (Å²) in [7, 11) is 0. The molecule has 2 aromatic rings. The quantitative estimate of drug-likeness (QED) is 0.710. The molecule has 1 N–H and O–H groups in total. The lowest BCUT2D eigenvalue weighted by atomic mass is 10.1. The van der Waals surface area contributed by atoms with Gasteiger partial charge in [-0.1, -0.05) is 28.1 Å². The summed E-state index contributed by atoms with van der Waals surface area (Å²) in [6.45, 7) is 0. The van der Waals surface area contributed by atoms with E-state index in [1.54, 1.807) is 11.9 Å². The summed E-state index contributed by atoms with van der Waals surface area (Å²) in [5, 5.41) is 2.62. The zero-order valence-corrected chi connectivity index (χ0v) is 9.08. The molecule has 64 valence electrons. The van der Waals surface area contributed by atoms with Gasteiger partial charge in [0.25, 0.3) is 0 Å². The Kier molecular flexibility index (Phi) is 1.58. The van der Waals surface area contributed by atoms with Crippen LogP contribution in [0.4, 0.5) is 5.69 Å². The van der Waals surface area contributed by atoms with Gasteiger partial charge in [0.05, 0.1) is 5.69 Å². The van der Waals surface area contributed by atoms with Gasteiger partial charge in [-0.25, -0.2) is 0 Å². The van der Waals surface area contributed by atoms with E-state index in [1.165, 1.54) is 21.4 Å². The molecule has 2 aromatic carbocycles. The van der Waals surface area contributed by atoms with Crippen molar-refractivity contribution in [3.63, 3.8) is 0 Å². The highest BCUT2D eigenvalue weighted by atomic mass is 79.9. The van der Waals surface area contributed by atoms with Crippen LogP contribution in [0.15, 0.2) is 39.7 Å². The summed E-state index contributed by atoms with van der Waals surface area (Å²) in [5.74, 6) is 0. The van der Waals surface area contributed by atoms with Gasteiger partial charge in [-0.15, -0.1) is 0 Å². The average molecular weight is 252 g/mol. The van der Waals surface area contributed by atoms with Crippen molar-refractivity contribution in [1.82, 2.24) is 0 Å². The zero-order chi connectivity index (χ0) is 8.84. The molecule has 0 aliphatic carbocycles. The minimum atomic E-state index is 1.16. The first-order chi connectivity index (χ1) is 6.36. The van der Waals surface area contributed by atoms with Gasteiger partial charge in [0.1, 0.15) is 0 Å². The smallest absolute Gasteiger partial charge is 0.0534 e. The van der Waals surface area contributed by atoms with Crippen molar-refractivity contribution in [3.05, 3.63) is 34.8 Å². The SMILES string of the molecule is Brc1ccc2c3c(cccc13)NS2. The molecule has 1 aliphatic rings. The molecule has 13 heavy (non-hydrogen) atoms. The van der Waals surface area contributed by atoms with E-state index in [0.29, 0.717) is 0 Å². The van der Waals surface area contributed by atoms with Gasteiger partial charge in [0.2, 0.25) is 0 Å². The number of benzene rings is 2. The molecule has 0 unspecified atom stereocenters. The number of hydrogen-bond donors (Lipinski definition) is 1. The summed E-state index contributed by atoms with van der Waals surface area (Å²) in [5.41, 5.74) is 1.22. The molecular weight excluding hydrogens is 246 g/mol. The second-order valence-corrected chi connectivity index (χ2v) is 4.68. The van der Waals surface area contributed by atoms with E-state index >= 15 is 0 Å². The first-order valence-corrected chi connectivity index (χ1v) is 5.61. The lowest BCUT2D eigenvalue weighted by Gasteiger charge is -2.00. The Morgan fingerprint density at radius 2 is 2.08 bits per heavy atom. The van der Waals surface area contributed by atoms with Crippen molar-refractivity contribution in [2.75, 3.05) is 4.72 Å². The third-order valence-corrected chi connectivity index (χ3v) is 3.79. The van der Waals surface area contributed by atoms with E-state index in [4.69, 9.17) is 0 Å². The molecule has 0 aromatic heterocycles. The van der Waals surface area contributed by atoms with Crippen LogP contribution < -0.4 is 4.72 Å². The van der Waals surface area contributed by atoms with Crippen molar-refractivity contribution in [1.29, 1.82) is 0 Å². The summed E-state index contributed by atoms with van der Waals surface area (Å²) < 4.78 is 4.46. The summed E-state index contributed by atoms with van der Waals surface area (Å²) >= 11 is 5.24. The molecule has 1 aliphatic heterocycles. The first-order valence-electron chi connectivity index (χ1n) is 4.00. The molecular formula is C10H6BrNS. The van der Waals surface area contributed by atoms with Gasteiger partial charge in [0.15, 0.2) is 0 Å². The molecule has 0 spiro atoms. The standard InChI is InChI=1S/C10H6BrNS/c11-7-4-5-9-10-6(7)2-1-3-8(10)12-13-9/h1-5,12H. The molecule has 0 radical (unpaired) electrons. The third-order valence-electron chi connectivity index (χ3n) is 2.22. The summed E-state index contributed by atoms with van der Waals surface area (Å²) in [4.78, 5) is 1.31. The maximum absolute atomic E-state index is 3.56. The van der Waals surface area contributed by atoms with Gasteiger partial charge in [0, 0.05) is 14.8 Å². The van der Waals surface area contributed by atoms with E-state index in [0.717, 1.165) is 4.47 Å². The van der Waals surface area contributed by atoms with Crippen LogP contribution in [-0.4, -0.2) is 0 Å². The van der Waals surface area contributed by atoms with Crippen LogP contribution >= 0.6 is 27.9 Å². The van der Waals surface area contributed by atoms with E-state index in [1.807, 2.05) is 0 Å². The zero-order valence-electron chi connectivity index (χ0n) is 6.67. The maximum Gasteiger partial charge on any atom is 0.0534 e. The molecule has 3 heteroatoms. The maximum atomic E-state index is 3.56. The predicted molar refractivity (Wildman–Crippen MR) is 61.1 cm³/mol. The van der Waals surface area contributed by atoms with Gasteiger partial charge in [-0.2, -0.15) is 0 Å². The Morgan fingerprint density at radius 3 is 3.00 bits per heavy atom. The molecule has 0 saturated heterocycles. The van der Waals surface area contributed by atoms with E-state index in [2.05, 4.69) is 51.0 Å². The molecule has 0 atom stereocenters. The normalized spacial score (nSPS) is 13.3. The van der Waals surface area contributed by atoms with Gasteiger partial charge < -0.3 is 4.72 Å². The van der Waals surface area contributed by atoms with Crippen LogP contribution in [0.25, 0.3) is 10.8 Å². The number of hydrogen-bond acceptors (Lipinski definition) is 2. The highest BCUT2D eigenvalue weighted by Gasteiger charge is 2.14. The minimum Gasteiger partial charge on any atom is -0.325 e. The van der Waals surface area contributed by atoms with Crippen LogP contribution in [-0.2, 0) is 0 Å². The molecule has 0 amide bonds. The first kappa shape index (κ1) is 7.71. The van der Waals surface area contributed by atoms with Gasteiger partial charge >= 0.3 is 0 Å². The third kappa shape index (κ3) is 1.00. The van der Waals surface area contributed by atoms with Crippen LogP contribution in [0.1, 0.15) is 0 Å². The second-order valence-electron chi connectivity index (χ2n) is 2.98. The summed E-state index contributed by atoms with van der Waals surface area (Å²) in [6.07, 6.45) is 0. The van der Waals surface area contributed by atoms with Crippen molar-refractivity contribution < 1.29 is 0 Å². The largest absolute Gasteiger partial charge is 0.325 e. The van der Waals surface area contributed by atoms with Gasteiger partial charge in [-0.05, 0) is 35.5 Å². The van der Waals surface area contributed by atoms with Crippen molar-refractivity contribution in [2.24, 2.45) is 0 Å². The number of halogens is 1. The van der Waals surface area contributed by atoms with Crippen molar-refractivity contribution >= 4 is 44.3 Å². The average Bonchev–Trinajstić information content (AvgIpc) is 2.57. The van der Waals surface area contributed by atoms with Crippen LogP contribution in [0.5, 0.6) is 0 Å². The topological polar surface area (TPSA) is 12.0 Å². The van der Waals surface area contributed by atoms with Crippen molar-refractivity contribution in [2.45, 2.75) is 4.90 Å². The number of anilines is 1. The Labute approximate surface area is 88.8 Å². The lowest BCUT2D eigenvalue weighted by molar-refractivity contribution is 1.56. The monoisotopic (exact) mass is 251 g/mol. The summed E-state index contributed by atoms with van der Waals surface area (Å²) in [6, 6.07) is 10.6. The molecule has 0 bridgehead atoms. The Morgan fingerprint density at radius 1 is 1.15 bits per heavy atom. The fourth-order valence-electron chi connectivity index (χ4n) is 1.62. The van der Waals surface area contributed by atoms with E-state index in [9.17, 15) is 0 Å². The van der Waals surface area contributed by atoms with E-state index < -0.39 is 0 Å². The molecule has 1 nitrogen and oxygen atoms in total. The lowest BCUT2D eigenvalue weighted by Crippen LogP contribution is -1.77. The Bertz CT molecular complexity index is 485. The molecule has 3 rings (SSSR count). The van der Waals surface area contributed by atoms with Gasteiger partial charge in [-0.3, -0.25) is 0 Å². The van der Waals surface area contributed by atoms with Crippen LogP contribution in [0, 0.1) is 0 Å². The number of nitrogens with one attached hydrogen (secondary N) is 1. The fraction of sp³-hybridized carbons (Fsp3) is 0. The van der Waals surface area contributed by atoms with Crippen LogP contribution in [0.2, 0.25) is 0 Å². The minimum absolute atomic E-state index is 1.16. The molecule has 0 saturated carbocycles. The Hall–Kier alpha value is -0.670. The highest BCUT2D eigenvalue weighted by molar-refractivity contribution is 9.10. The van der Waals surface area contributed by atoms with Crippen molar-refractivity contribution in [3.8, 4) is 0 Å². The molecule has 1 heterocycles. The highest BCUT2D eigenvalue weighted by Crippen LogP contribution is 2.42. The predicted octanol–water partition coefficient (Wildman–Crippen LogP) is 4.03. The molecule has 0 fully saturated rings.